The van der Waals surface area contributed by atoms with Crippen LogP contribution < -0.4 is 15.4 Å². The monoisotopic (exact) mass is 476 g/mol. The molecule has 4 rings (SSSR count). The first-order valence-electron chi connectivity index (χ1n) is 10.7. The van der Waals surface area contributed by atoms with Crippen LogP contribution in [0.3, 0.4) is 0 Å². The molecule has 0 saturated carbocycles. The Labute approximate surface area is 197 Å². The lowest BCUT2D eigenvalue weighted by Gasteiger charge is -2.10. The Morgan fingerprint density at radius 3 is 2.65 bits per heavy atom. The van der Waals surface area contributed by atoms with E-state index < -0.39 is 9.84 Å². The van der Waals surface area contributed by atoms with Gasteiger partial charge in [-0.1, -0.05) is 24.3 Å². The topological polar surface area (TPSA) is 110 Å². The van der Waals surface area contributed by atoms with Crippen LogP contribution in [0.4, 0.5) is 11.6 Å². The summed E-state index contributed by atoms with van der Waals surface area (Å²) in [6.07, 6.45) is 2.77. The van der Waals surface area contributed by atoms with E-state index in [0.717, 1.165) is 10.8 Å². The van der Waals surface area contributed by atoms with Crippen LogP contribution in [0.1, 0.15) is 22.8 Å². The van der Waals surface area contributed by atoms with E-state index >= 15 is 0 Å². The van der Waals surface area contributed by atoms with E-state index in [1.54, 1.807) is 48.7 Å². The number of amides is 1. The summed E-state index contributed by atoms with van der Waals surface area (Å²) >= 11 is 0. The zero-order chi connectivity index (χ0) is 24.1. The molecule has 1 aromatic heterocycles. The smallest absolute Gasteiger partial charge is 0.251 e. The van der Waals surface area contributed by atoms with Gasteiger partial charge < -0.3 is 15.4 Å². The average Bonchev–Trinajstić information content (AvgIpc) is 2.78. The Hall–Kier alpha value is -3.98. The lowest BCUT2D eigenvalue weighted by Crippen LogP contribution is -2.22. The first kappa shape index (κ1) is 23.2. The third-order valence-corrected chi connectivity index (χ3v) is 5.76. The Kier molecular flexibility index (Phi) is 6.74. The Morgan fingerprint density at radius 1 is 1.03 bits per heavy atom. The molecule has 3 aromatic carbocycles. The van der Waals surface area contributed by atoms with Crippen molar-refractivity contribution in [2.75, 3.05) is 18.1 Å². The molecule has 1 heterocycles. The van der Waals surface area contributed by atoms with E-state index in [9.17, 15) is 13.2 Å². The van der Waals surface area contributed by atoms with Gasteiger partial charge in [0.15, 0.2) is 9.84 Å². The number of anilines is 2. The number of ether oxygens (including phenoxy) is 1. The molecule has 0 aliphatic heterocycles. The molecule has 0 unspecified atom stereocenters. The lowest BCUT2D eigenvalue weighted by atomic mass is 10.0. The maximum absolute atomic E-state index is 12.3. The zero-order valence-corrected chi connectivity index (χ0v) is 19.6. The molecule has 8 nitrogen and oxygen atoms in total. The number of carbonyl (C=O) groups excluding carboxylic acids is 1. The van der Waals surface area contributed by atoms with Crippen molar-refractivity contribution in [3.05, 3.63) is 84.1 Å². The van der Waals surface area contributed by atoms with E-state index in [1.165, 1.54) is 6.26 Å². The van der Waals surface area contributed by atoms with Crippen molar-refractivity contribution in [2.24, 2.45) is 0 Å². The van der Waals surface area contributed by atoms with Crippen molar-refractivity contribution in [3.63, 3.8) is 0 Å². The fourth-order valence-corrected chi connectivity index (χ4v) is 4.31. The molecule has 0 bridgehead atoms. The van der Waals surface area contributed by atoms with Gasteiger partial charge in [0.25, 0.3) is 5.91 Å². The van der Waals surface area contributed by atoms with Crippen LogP contribution >= 0.6 is 0 Å². The van der Waals surface area contributed by atoms with Gasteiger partial charge in [-0.25, -0.2) is 13.4 Å². The second-order valence-corrected chi connectivity index (χ2v) is 9.90. The van der Waals surface area contributed by atoms with E-state index in [0.29, 0.717) is 40.9 Å². The highest BCUT2D eigenvalue weighted by Crippen LogP contribution is 2.27. The molecular weight excluding hydrogens is 452 g/mol. The summed E-state index contributed by atoms with van der Waals surface area (Å²) in [5, 5.41) is 7.61. The largest absolute Gasteiger partial charge is 0.439 e. The molecular formula is C25H24N4O4S. The SMILES string of the molecule is CCNC(=O)c1cccc2cc(Oc3ccnc(Nc4cccc(CS(C)(=O)=O)c4)n3)ccc12. The fraction of sp³-hybridized carbons (Fsp3) is 0.160. The van der Waals surface area contributed by atoms with E-state index in [-0.39, 0.29) is 11.7 Å². The zero-order valence-electron chi connectivity index (χ0n) is 18.8. The average molecular weight is 477 g/mol. The highest BCUT2D eigenvalue weighted by molar-refractivity contribution is 7.89. The van der Waals surface area contributed by atoms with Crippen molar-refractivity contribution in [1.82, 2.24) is 15.3 Å². The second-order valence-electron chi connectivity index (χ2n) is 7.76. The van der Waals surface area contributed by atoms with Crippen molar-refractivity contribution in [2.45, 2.75) is 12.7 Å². The molecule has 0 aliphatic rings. The van der Waals surface area contributed by atoms with Gasteiger partial charge in [-0.2, -0.15) is 4.98 Å². The summed E-state index contributed by atoms with van der Waals surface area (Å²) in [4.78, 5) is 20.9. The van der Waals surface area contributed by atoms with Crippen LogP contribution in [0, 0.1) is 0 Å². The molecule has 1 amide bonds. The number of benzene rings is 3. The van der Waals surface area contributed by atoms with Gasteiger partial charge in [-0.3, -0.25) is 4.79 Å². The predicted octanol–water partition coefficient (Wildman–Crippen LogP) is 4.46. The minimum Gasteiger partial charge on any atom is -0.439 e. The van der Waals surface area contributed by atoms with E-state index in [2.05, 4.69) is 20.6 Å². The summed E-state index contributed by atoms with van der Waals surface area (Å²) in [6.45, 7) is 2.44. The maximum Gasteiger partial charge on any atom is 0.251 e. The molecule has 0 atom stereocenters. The number of fused-ring (bicyclic) bond motifs is 1. The molecule has 0 radical (unpaired) electrons. The van der Waals surface area contributed by atoms with E-state index in [1.807, 2.05) is 31.2 Å². The molecule has 0 spiro atoms. The van der Waals surface area contributed by atoms with Crippen LogP contribution in [0.15, 0.2) is 72.9 Å². The maximum atomic E-state index is 12.3. The van der Waals surface area contributed by atoms with Gasteiger partial charge in [0.1, 0.15) is 5.75 Å². The summed E-state index contributed by atoms with van der Waals surface area (Å²) in [5.74, 6) is 1.06. The molecule has 0 saturated heterocycles. The van der Waals surface area contributed by atoms with Crippen LogP contribution in [0.2, 0.25) is 0 Å². The number of nitrogens with zero attached hydrogens (tertiary/aromatic N) is 2. The van der Waals surface area contributed by atoms with Gasteiger partial charge in [-0.15, -0.1) is 0 Å². The predicted molar refractivity (Wildman–Crippen MR) is 132 cm³/mol. The van der Waals surface area contributed by atoms with Crippen LogP contribution in [0.25, 0.3) is 10.8 Å². The Bertz CT molecular complexity index is 1450. The highest BCUT2D eigenvalue weighted by atomic mass is 32.2. The molecule has 0 fully saturated rings. The number of nitrogens with one attached hydrogen (secondary N) is 2. The van der Waals surface area contributed by atoms with Crippen molar-refractivity contribution >= 4 is 38.2 Å². The van der Waals surface area contributed by atoms with Gasteiger partial charge in [-0.05, 0) is 59.7 Å². The molecule has 9 heteroatoms. The third-order valence-electron chi connectivity index (χ3n) is 4.90. The van der Waals surface area contributed by atoms with Crippen LogP contribution in [-0.2, 0) is 15.6 Å². The van der Waals surface area contributed by atoms with Gasteiger partial charge in [0.2, 0.25) is 11.8 Å². The highest BCUT2D eigenvalue weighted by Gasteiger charge is 2.11. The Morgan fingerprint density at radius 2 is 1.85 bits per heavy atom. The molecule has 4 aromatic rings. The summed E-state index contributed by atoms with van der Waals surface area (Å²) in [7, 11) is -3.14. The number of sulfone groups is 1. The normalized spacial score (nSPS) is 11.2. The lowest BCUT2D eigenvalue weighted by molar-refractivity contribution is 0.0957. The molecule has 34 heavy (non-hydrogen) atoms. The van der Waals surface area contributed by atoms with E-state index in [4.69, 9.17) is 4.74 Å². The van der Waals surface area contributed by atoms with Crippen molar-refractivity contribution in [3.8, 4) is 11.6 Å². The minimum absolute atomic E-state index is 0.0453. The number of hydrogen-bond acceptors (Lipinski definition) is 7. The number of hydrogen-bond donors (Lipinski definition) is 2. The molecule has 2 N–H and O–H groups in total. The first-order valence-corrected chi connectivity index (χ1v) is 12.7. The number of rotatable bonds is 8. The summed E-state index contributed by atoms with van der Waals surface area (Å²) in [5.41, 5.74) is 1.95. The van der Waals surface area contributed by atoms with Gasteiger partial charge in [0.05, 0.1) is 5.75 Å². The van der Waals surface area contributed by atoms with Gasteiger partial charge >= 0.3 is 0 Å². The second kappa shape index (κ2) is 9.88. The summed E-state index contributed by atoms with van der Waals surface area (Å²) < 4.78 is 29.1. The third kappa shape index (κ3) is 5.87. The minimum atomic E-state index is -3.14. The number of aromatic nitrogens is 2. The summed E-state index contributed by atoms with van der Waals surface area (Å²) in [6, 6.07) is 19.7. The number of carbonyl (C=O) groups is 1. The van der Waals surface area contributed by atoms with Gasteiger partial charge in [0, 0.05) is 36.3 Å². The molecule has 174 valence electrons. The standard InChI is InChI=1S/C25H24N4O4S/c1-3-26-24(30)22-9-5-7-18-15-20(10-11-21(18)22)33-23-12-13-27-25(29-23)28-19-8-4-6-17(14-19)16-34(2,31)32/h4-15H,3,16H2,1-2H3,(H,26,30)(H,27,28,29). The van der Waals surface area contributed by atoms with Crippen molar-refractivity contribution < 1.29 is 17.9 Å². The Balaban J connectivity index is 1.53. The fourth-order valence-electron chi connectivity index (χ4n) is 3.53. The quantitative estimate of drug-likeness (QED) is 0.386. The first-order chi connectivity index (χ1) is 16.3. The van der Waals surface area contributed by atoms with Crippen LogP contribution in [-0.4, -0.2) is 37.1 Å². The van der Waals surface area contributed by atoms with Crippen molar-refractivity contribution in [1.29, 1.82) is 0 Å². The molecule has 0 aliphatic carbocycles. The van der Waals surface area contributed by atoms with Crippen LogP contribution in [0.5, 0.6) is 11.6 Å².